The summed E-state index contributed by atoms with van der Waals surface area (Å²) in [7, 11) is 3.28. The van der Waals surface area contributed by atoms with Crippen molar-refractivity contribution in [3.63, 3.8) is 0 Å². The minimum atomic E-state index is -0.669. The molecule has 1 aliphatic rings. The Hall–Kier alpha value is -3.26. The van der Waals surface area contributed by atoms with Crippen molar-refractivity contribution in [3.8, 4) is 11.5 Å². The largest absolute Gasteiger partial charge is 0.493 e. The van der Waals surface area contributed by atoms with Crippen LogP contribution in [-0.2, 0) is 16.8 Å². The first-order valence-electron chi connectivity index (χ1n) is 16.0. The Kier molecular flexibility index (Phi) is 11.0. The molecule has 0 bridgehead atoms. The molecule has 1 aliphatic heterocycles. The molecule has 0 saturated carbocycles. The fourth-order valence-corrected chi connectivity index (χ4v) is 6.15. The van der Waals surface area contributed by atoms with Crippen LogP contribution in [0.4, 0.5) is 11.6 Å². The molecule has 0 unspecified atom stereocenters. The van der Waals surface area contributed by atoms with Crippen LogP contribution in [0.5, 0.6) is 11.5 Å². The number of carbonyl (C=O) groups is 1. The van der Waals surface area contributed by atoms with Gasteiger partial charge in [-0.1, -0.05) is 40.2 Å². The number of amides is 1. The summed E-state index contributed by atoms with van der Waals surface area (Å²) >= 11 is 0. The summed E-state index contributed by atoms with van der Waals surface area (Å²) < 4.78 is 13.3. The monoisotopic (exact) mass is 591 g/mol. The van der Waals surface area contributed by atoms with Crippen LogP contribution < -0.4 is 14.8 Å². The van der Waals surface area contributed by atoms with Crippen molar-refractivity contribution in [2.45, 2.75) is 79.2 Å². The molecular formula is C35H53N5O3. The van der Waals surface area contributed by atoms with E-state index in [4.69, 9.17) is 14.5 Å². The zero-order valence-corrected chi connectivity index (χ0v) is 27.7. The predicted octanol–water partition coefficient (Wildman–Crippen LogP) is 7.09. The van der Waals surface area contributed by atoms with Gasteiger partial charge in [-0.25, -0.2) is 4.98 Å². The van der Waals surface area contributed by atoms with Crippen LogP contribution in [0, 0.1) is 11.8 Å². The Morgan fingerprint density at radius 2 is 1.60 bits per heavy atom. The number of rotatable bonds is 14. The molecule has 1 saturated heterocycles. The number of ether oxygens (including phenoxy) is 2. The number of aromatic nitrogens is 2. The second kappa shape index (κ2) is 14.5. The number of nitrogens with zero attached hydrogens (tertiary/aromatic N) is 4. The normalized spacial score (nSPS) is 14.5. The van der Waals surface area contributed by atoms with Crippen LogP contribution >= 0.6 is 0 Å². The minimum absolute atomic E-state index is 0.175. The topological polar surface area (TPSA) is 71.9 Å². The Labute approximate surface area is 258 Å². The lowest BCUT2D eigenvalue weighted by molar-refractivity contribution is -0.137. The van der Waals surface area contributed by atoms with Crippen molar-refractivity contribution in [2.75, 3.05) is 52.3 Å². The summed E-state index contributed by atoms with van der Waals surface area (Å²) in [4.78, 5) is 23.7. The minimum Gasteiger partial charge on any atom is -0.493 e. The number of fused-ring (bicyclic) bond motifs is 1. The Morgan fingerprint density at radius 1 is 0.930 bits per heavy atom. The molecule has 43 heavy (non-hydrogen) atoms. The Morgan fingerprint density at radius 3 is 2.23 bits per heavy atom. The van der Waals surface area contributed by atoms with Gasteiger partial charge in [-0.15, -0.1) is 0 Å². The van der Waals surface area contributed by atoms with Gasteiger partial charge in [-0.05, 0) is 94.4 Å². The zero-order chi connectivity index (χ0) is 31.1. The lowest BCUT2D eigenvalue weighted by Gasteiger charge is -2.34. The van der Waals surface area contributed by atoms with Crippen molar-refractivity contribution in [2.24, 2.45) is 11.8 Å². The van der Waals surface area contributed by atoms with Gasteiger partial charge in [-0.2, -0.15) is 0 Å². The molecule has 3 aromatic rings. The highest BCUT2D eigenvalue weighted by Crippen LogP contribution is 2.34. The van der Waals surface area contributed by atoms with E-state index < -0.39 is 5.41 Å². The van der Waals surface area contributed by atoms with Gasteiger partial charge in [0.2, 0.25) is 11.9 Å². The smallest absolute Gasteiger partial charge is 0.232 e. The van der Waals surface area contributed by atoms with Gasteiger partial charge in [0.25, 0.3) is 0 Å². The van der Waals surface area contributed by atoms with Crippen molar-refractivity contribution in [1.29, 1.82) is 0 Å². The third kappa shape index (κ3) is 8.02. The molecule has 8 nitrogen and oxygen atoms in total. The number of anilines is 2. The molecule has 8 heteroatoms. The second-order valence-electron chi connectivity index (χ2n) is 13.4. The first-order chi connectivity index (χ1) is 20.5. The summed E-state index contributed by atoms with van der Waals surface area (Å²) in [6.07, 6.45) is 4.94. The molecule has 236 valence electrons. The van der Waals surface area contributed by atoms with Crippen molar-refractivity contribution in [1.82, 2.24) is 19.4 Å². The van der Waals surface area contributed by atoms with E-state index in [0.717, 1.165) is 60.8 Å². The van der Waals surface area contributed by atoms with Crippen molar-refractivity contribution < 1.29 is 14.3 Å². The van der Waals surface area contributed by atoms with Gasteiger partial charge in [0.1, 0.15) is 0 Å². The fourth-order valence-electron chi connectivity index (χ4n) is 6.15. The number of hydrogen-bond donors (Lipinski definition) is 1. The molecule has 0 aliphatic carbocycles. The highest BCUT2D eigenvalue weighted by Gasteiger charge is 2.35. The highest BCUT2D eigenvalue weighted by molar-refractivity contribution is 5.89. The van der Waals surface area contributed by atoms with Gasteiger partial charge in [0.05, 0.1) is 30.7 Å². The van der Waals surface area contributed by atoms with Gasteiger partial charge in [0.15, 0.2) is 11.5 Å². The van der Waals surface area contributed by atoms with E-state index in [0.29, 0.717) is 23.3 Å². The summed E-state index contributed by atoms with van der Waals surface area (Å²) in [5, 5.41) is 3.55. The Bertz CT molecular complexity index is 1350. The van der Waals surface area contributed by atoms with E-state index in [9.17, 15) is 4.79 Å². The lowest BCUT2D eigenvalue weighted by Crippen LogP contribution is -2.46. The summed E-state index contributed by atoms with van der Waals surface area (Å²) in [5.41, 5.74) is 3.17. The number of carbonyl (C=O) groups excluding carboxylic acids is 1. The van der Waals surface area contributed by atoms with Crippen LogP contribution in [-0.4, -0.2) is 72.2 Å². The van der Waals surface area contributed by atoms with Crippen LogP contribution in [0.1, 0.15) is 72.8 Å². The van der Waals surface area contributed by atoms with E-state index in [1.807, 2.05) is 18.2 Å². The van der Waals surface area contributed by atoms with Gasteiger partial charge in [0, 0.05) is 31.4 Å². The van der Waals surface area contributed by atoms with Gasteiger partial charge >= 0.3 is 0 Å². The average molecular weight is 592 g/mol. The molecule has 0 atom stereocenters. The summed E-state index contributed by atoms with van der Waals surface area (Å²) in [6, 6.07) is 12.1. The molecule has 1 fully saturated rings. The number of piperidine rings is 1. The molecule has 1 N–H and O–H groups in total. The van der Waals surface area contributed by atoms with Crippen LogP contribution in [0.2, 0.25) is 0 Å². The van der Waals surface area contributed by atoms with Crippen molar-refractivity contribution >= 4 is 28.6 Å². The number of nitrogens with one attached hydrogen (secondary N) is 1. The summed E-state index contributed by atoms with van der Waals surface area (Å²) in [5.74, 6) is 3.12. The maximum absolute atomic E-state index is 14.0. The molecule has 4 rings (SSSR count). The number of methoxy groups -OCH3 is 2. The van der Waals surface area contributed by atoms with E-state index in [1.54, 1.807) is 14.2 Å². The van der Waals surface area contributed by atoms with E-state index >= 15 is 0 Å². The third-order valence-corrected chi connectivity index (χ3v) is 8.41. The first-order valence-corrected chi connectivity index (χ1v) is 16.0. The van der Waals surface area contributed by atoms with Gasteiger partial charge < -0.3 is 29.2 Å². The van der Waals surface area contributed by atoms with E-state index in [1.165, 1.54) is 32.4 Å². The standard InChI is InChI=1S/C35H53N5O3/c1-25(2)23-39(24-26(3)4)33(41)35(5,6)27-13-15-29-30(21-27)40(20-12-19-38-17-10-9-11-18-38)34(37-29)36-28-14-16-31(42-7)32(22-28)43-8/h13-16,21-22,25-26H,9-12,17-20,23-24H2,1-8H3,(H,36,37). The molecule has 2 aromatic carbocycles. The number of aryl methyl sites for hydroxylation is 1. The number of imidazole rings is 1. The van der Waals surface area contributed by atoms with Crippen LogP contribution in [0.3, 0.4) is 0 Å². The van der Waals surface area contributed by atoms with Crippen LogP contribution in [0.25, 0.3) is 11.0 Å². The average Bonchev–Trinajstić information content (AvgIpc) is 3.32. The Balaban J connectivity index is 1.69. The molecule has 1 aromatic heterocycles. The maximum Gasteiger partial charge on any atom is 0.232 e. The molecule has 0 radical (unpaired) electrons. The quantitative estimate of drug-likeness (QED) is 0.216. The maximum atomic E-state index is 14.0. The third-order valence-electron chi connectivity index (χ3n) is 8.41. The van der Waals surface area contributed by atoms with Crippen LogP contribution in [0.15, 0.2) is 36.4 Å². The molecule has 1 amide bonds. The lowest BCUT2D eigenvalue weighted by atomic mass is 9.82. The number of hydrogen-bond acceptors (Lipinski definition) is 6. The molecular weight excluding hydrogens is 538 g/mol. The van der Waals surface area contributed by atoms with E-state index in [-0.39, 0.29) is 5.91 Å². The predicted molar refractivity (Wildman–Crippen MR) is 177 cm³/mol. The number of benzene rings is 2. The fraction of sp³-hybridized carbons (Fsp3) is 0.600. The SMILES string of the molecule is COc1ccc(Nc2nc3ccc(C(C)(C)C(=O)N(CC(C)C)CC(C)C)cc3n2CCCN2CCCCC2)cc1OC. The van der Waals surface area contributed by atoms with Crippen molar-refractivity contribution in [3.05, 3.63) is 42.0 Å². The van der Waals surface area contributed by atoms with Gasteiger partial charge in [-0.3, -0.25) is 4.79 Å². The zero-order valence-electron chi connectivity index (χ0n) is 27.7. The molecule has 0 spiro atoms. The summed E-state index contributed by atoms with van der Waals surface area (Å²) in [6.45, 7) is 18.6. The molecule has 2 heterocycles. The first kappa shape index (κ1) is 32.6. The second-order valence-corrected chi connectivity index (χ2v) is 13.4. The number of likely N-dealkylation sites (tertiary alicyclic amines) is 1. The van der Waals surface area contributed by atoms with E-state index in [2.05, 4.69) is 79.4 Å². The highest BCUT2D eigenvalue weighted by atomic mass is 16.5.